The van der Waals surface area contributed by atoms with E-state index in [1.165, 1.54) is 33.9 Å². The van der Waals surface area contributed by atoms with E-state index in [4.69, 9.17) is 0 Å². The number of hydrogen-bond acceptors (Lipinski definition) is 3. The van der Waals surface area contributed by atoms with E-state index in [0.717, 1.165) is 5.25 Å². The standard InChI is InChI=1S/C14H19NOS.C2H6/c1-9-12-5-4-10(6-11-8-17-11)7-13(12)14(2,3)15(9)16;1-2/h4-5,7,9,11,16H,6,8H2,1-3H3;1-2H3. The second-order valence-corrected chi connectivity index (χ2v) is 6.99. The lowest BCUT2D eigenvalue weighted by Gasteiger charge is -2.28. The van der Waals surface area contributed by atoms with Crippen molar-refractivity contribution in [1.29, 1.82) is 0 Å². The van der Waals surface area contributed by atoms with E-state index < -0.39 is 0 Å². The fourth-order valence-electron chi connectivity index (χ4n) is 2.81. The molecule has 0 spiro atoms. The summed E-state index contributed by atoms with van der Waals surface area (Å²) in [6.07, 6.45) is 1.17. The molecule has 1 aromatic carbocycles. The van der Waals surface area contributed by atoms with E-state index in [2.05, 4.69) is 39.0 Å². The monoisotopic (exact) mass is 279 g/mol. The molecule has 2 atom stereocenters. The fourth-order valence-corrected chi connectivity index (χ4v) is 3.38. The Morgan fingerprint density at radius 1 is 1.37 bits per heavy atom. The average molecular weight is 279 g/mol. The van der Waals surface area contributed by atoms with Gasteiger partial charge in [-0.2, -0.15) is 16.8 Å². The average Bonchev–Trinajstić information content (AvgIpc) is 3.20. The molecule has 2 nitrogen and oxygen atoms in total. The summed E-state index contributed by atoms with van der Waals surface area (Å²) >= 11 is 2.04. The molecule has 2 aliphatic heterocycles. The Morgan fingerprint density at radius 3 is 2.58 bits per heavy atom. The van der Waals surface area contributed by atoms with Crippen LogP contribution in [0.3, 0.4) is 0 Å². The summed E-state index contributed by atoms with van der Waals surface area (Å²) in [5, 5.41) is 12.5. The maximum absolute atomic E-state index is 10.2. The Hall–Kier alpha value is -0.510. The summed E-state index contributed by atoms with van der Waals surface area (Å²) in [7, 11) is 0. The highest BCUT2D eigenvalue weighted by atomic mass is 32.2. The minimum Gasteiger partial charge on any atom is -0.313 e. The predicted molar refractivity (Wildman–Crippen MR) is 82.8 cm³/mol. The van der Waals surface area contributed by atoms with Crippen LogP contribution in [0.15, 0.2) is 18.2 Å². The van der Waals surface area contributed by atoms with Gasteiger partial charge in [-0.25, -0.2) is 0 Å². The second kappa shape index (κ2) is 5.47. The van der Waals surface area contributed by atoms with Gasteiger partial charge in [-0.15, -0.1) is 0 Å². The number of benzene rings is 1. The predicted octanol–water partition coefficient (Wildman–Crippen LogP) is 4.37. The zero-order valence-corrected chi connectivity index (χ0v) is 13.4. The van der Waals surface area contributed by atoms with E-state index in [9.17, 15) is 5.21 Å². The minimum absolute atomic E-state index is 0.101. The van der Waals surface area contributed by atoms with E-state index >= 15 is 0 Å². The molecule has 106 valence electrons. The van der Waals surface area contributed by atoms with Gasteiger partial charge >= 0.3 is 0 Å². The number of rotatable bonds is 2. The van der Waals surface area contributed by atoms with Crippen LogP contribution in [-0.2, 0) is 12.0 Å². The Labute approximate surface area is 121 Å². The van der Waals surface area contributed by atoms with Crippen molar-refractivity contribution < 1.29 is 5.21 Å². The van der Waals surface area contributed by atoms with Crippen LogP contribution in [0.2, 0.25) is 0 Å². The number of hydrogen-bond donors (Lipinski definition) is 1. The van der Waals surface area contributed by atoms with Gasteiger partial charge in [-0.3, -0.25) is 0 Å². The van der Waals surface area contributed by atoms with Gasteiger partial charge in [0.25, 0.3) is 0 Å². The molecular formula is C16H25NOS. The first-order chi connectivity index (χ1) is 9.00. The van der Waals surface area contributed by atoms with Gasteiger partial charge in [0.2, 0.25) is 0 Å². The Balaban J connectivity index is 0.000000637. The zero-order chi connectivity index (χ0) is 14.2. The van der Waals surface area contributed by atoms with Crippen LogP contribution in [-0.4, -0.2) is 21.3 Å². The summed E-state index contributed by atoms with van der Waals surface area (Å²) in [5.41, 5.74) is 3.70. The normalized spacial score (nSPS) is 27.5. The van der Waals surface area contributed by atoms with Crippen LogP contribution < -0.4 is 0 Å². The molecule has 0 saturated carbocycles. The van der Waals surface area contributed by atoms with Crippen LogP contribution in [0.25, 0.3) is 0 Å². The van der Waals surface area contributed by atoms with Crippen molar-refractivity contribution in [2.75, 3.05) is 5.75 Å². The van der Waals surface area contributed by atoms with Crippen LogP contribution in [0.5, 0.6) is 0 Å². The minimum atomic E-state index is -0.262. The summed E-state index contributed by atoms with van der Waals surface area (Å²) in [6, 6.07) is 6.81. The number of hydroxylamine groups is 2. The first-order valence-electron chi connectivity index (χ1n) is 7.23. The highest BCUT2D eigenvalue weighted by Gasteiger charge is 2.41. The first kappa shape index (κ1) is 14.9. The lowest BCUT2D eigenvalue weighted by Crippen LogP contribution is -2.33. The molecule has 0 bridgehead atoms. The molecule has 0 amide bonds. The van der Waals surface area contributed by atoms with Crippen molar-refractivity contribution in [2.24, 2.45) is 0 Å². The molecular weight excluding hydrogens is 254 g/mol. The lowest BCUT2D eigenvalue weighted by molar-refractivity contribution is -0.181. The fraction of sp³-hybridized carbons (Fsp3) is 0.625. The van der Waals surface area contributed by atoms with Gasteiger partial charge in [0.15, 0.2) is 0 Å². The Bertz CT molecular complexity index is 454. The molecule has 3 rings (SSSR count). The van der Waals surface area contributed by atoms with Gasteiger partial charge < -0.3 is 5.21 Å². The van der Waals surface area contributed by atoms with Gasteiger partial charge in [0, 0.05) is 11.0 Å². The van der Waals surface area contributed by atoms with E-state index in [0.29, 0.717) is 0 Å². The quantitative estimate of drug-likeness (QED) is 0.813. The molecule has 0 aromatic heterocycles. The third-order valence-corrected chi connectivity index (χ3v) is 5.00. The molecule has 2 unspecified atom stereocenters. The second-order valence-electron chi connectivity index (χ2n) is 5.66. The van der Waals surface area contributed by atoms with Crippen LogP contribution in [0.1, 0.15) is 57.4 Å². The summed E-state index contributed by atoms with van der Waals surface area (Å²) < 4.78 is 0. The van der Waals surface area contributed by atoms with E-state index in [-0.39, 0.29) is 11.6 Å². The SMILES string of the molecule is CC.CC1c2ccc(CC3CS3)cc2C(C)(C)N1O. The van der Waals surface area contributed by atoms with Crippen molar-refractivity contribution in [3.05, 3.63) is 34.9 Å². The van der Waals surface area contributed by atoms with Crippen LogP contribution in [0, 0.1) is 0 Å². The van der Waals surface area contributed by atoms with Gasteiger partial charge in [-0.05, 0) is 43.9 Å². The smallest absolute Gasteiger partial charge is 0.0662 e. The molecule has 1 N–H and O–H groups in total. The van der Waals surface area contributed by atoms with Crippen LogP contribution >= 0.6 is 11.8 Å². The molecule has 1 fully saturated rings. The third kappa shape index (κ3) is 2.69. The maximum Gasteiger partial charge on any atom is 0.0662 e. The number of fused-ring (bicyclic) bond motifs is 1. The van der Waals surface area contributed by atoms with Crippen molar-refractivity contribution in [1.82, 2.24) is 5.06 Å². The topological polar surface area (TPSA) is 23.5 Å². The number of nitrogens with zero attached hydrogens (tertiary/aromatic N) is 1. The Kier molecular flexibility index (Phi) is 4.29. The molecule has 1 aromatic rings. The van der Waals surface area contributed by atoms with Crippen LogP contribution in [0.4, 0.5) is 0 Å². The summed E-state index contributed by atoms with van der Waals surface area (Å²) in [6.45, 7) is 10.2. The highest BCUT2D eigenvalue weighted by molar-refractivity contribution is 8.06. The van der Waals surface area contributed by atoms with Gasteiger partial charge in [0.1, 0.15) is 0 Å². The molecule has 0 radical (unpaired) electrons. The molecule has 2 aliphatic rings. The van der Waals surface area contributed by atoms with Crippen molar-refractivity contribution >= 4 is 11.8 Å². The molecule has 3 heteroatoms. The molecule has 19 heavy (non-hydrogen) atoms. The van der Waals surface area contributed by atoms with Crippen molar-refractivity contribution in [3.63, 3.8) is 0 Å². The number of thioether (sulfide) groups is 1. The maximum atomic E-state index is 10.2. The van der Waals surface area contributed by atoms with Crippen molar-refractivity contribution in [3.8, 4) is 0 Å². The largest absolute Gasteiger partial charge is 0.313 e. The van der Waals surface area contributed by atoms with Gasteiger partial charge in [-0.1, -0.05) is 32.0 Å². The summed E-state index contributed by atoms with van der Waals surface area (Å²) in [4.78, 5) is 0. The first-order valence-corrected chi connectivity index (χ1v) is 8.28. The van der Waals surface area contributed by atoms with Gasteiger partial charge in [0.05, 0.1) is 11.6 Å². The van der Waals surface area contributed by atoms with Crippen molar-refractivity contribution in [2.45, 2.75) is 57.9 Å². The zero-order valence-electron chi connectivity index (χ0n) is 12.6. The third-order valence-electron chi connectivity index (χ3n) is 4.03. The Morgan fingerprint density at radius 2 is 2.00 bits per heavy atom. The molecule has 0 aliphatic carbocycles. The highest BCUT2D eigenvalue weighted by Crippen LogP contribution is 2.45. The molecule has 2 heterocycles. The van der Waals surface area contributed by atoms with E-state index in [1.807, 2.05) is 25.6 Å². The molecule has 1 saturated heterocycles. The summed E-state index contributed by atoms with van der Waals surface area (Å²) in [5.74, 6) is 1.31. The lowest BCUT2D eigenvalue weighted by atomic mass is 9.91. The van der Waals surface area contributed by atoms with E-state index in [1.54, 1.807) is 0 Å².